The third-order valence-electron chi connectivity index (χ3n) is 3.88. The number of thiazole rings is 1. The van der Waals surface area contributed by atoms with E-state index in [9.17, 15) is 4.79 Å². The predicted molar refractivity (Wildman–Crippen MR) is 102 cm³/mol. The molecule has 0 aliphatic heterocycles. The van der Waals surface area contributed by atoms with Crippen LogP contribution in [0.2, 0.25) is 0 Å². The summed E-state index contributed by atoms with van der Waals surface area (Å²) < 4.78 is 2.03. The molecular weight excluding hydrogens is 352 g/mol. The van der Waals surface area contributed by atoms with Crippen LogP contribution in [0.25, 0.3) is 5.69 Å². The molecule has 25 heavy (non-hydrogen) atoms. The first-order valence-electron chi connectivity index (χ1n) is 7.95. The van der Waals surface area contributed by atoms with E-state index in [-0.39, 0.29) is 5.91 Å². The predicted octanol–water partition coefficient (Wildman–Crippen LogP) is 3.66. The van der Waals surface area contributed by atoms with E-state index in [1.165, 1.54) is 22.9 Å². The standard InChI is InChI=1S/C18H20N4OS2/c1-12-5-4-6-15(14(12)3)22-8-7-19-18(22)25-11-16(23)20-9-17-21-13(2)10-24-17/h4-8,10H,9,11H2,1-3H3,(H,20,23). The zero-order valence-electron chi connectivity index (χ0n) is 14.4. The molecule has 0 radical (unpaired) electrons. The minimum Gasteiger partial charge on any atom is -0.349 e. The van der Waals surface area contributed by atoms with Crippen LogP contribution in [0.1, 0.15) is 21.8 Å². The fourth-order valence-electron chi connectivity index (χ4n) is 2.42. The van der Waals surface area contributed by atoms with Gasteiger partial charge in [0, 0.05) is 23.5 Å². The van der Waals surface area contributed by atoms with Crippen molar-refractivity contribution in [3.05, 3.63) is 57.8 Å². The third-order valence-corrected chi connectivity index (χ3v) is 5.81. The van der Waals surface area contributed by atoms with Crippen LogP contribution in [0.15, 0.2) is 41.1 Å². The summed E-state index contributed by atoms with van der Waals surface area (Å²) >= 11 is 3.00. The van der Waals surface area contributed by atoms with Gasteiger partial charge >= 0.3 is 0 Å². The van der Waals surface area contributed by atoms with Gasteiger partial charge in [-0.25, -0.2) is 9.97 Å². The summed E-state index contributed by atoms with van der Waals surface area (Å²) in [6.45, 7) is 6.62. The van der Waals surface area contributed by atoms with E-state index in [4.69, 9.17) is 0 Å². The van der Waals surface area contributed by atoms with E-state index in [0.29, 0.717) is 12.3 Å². The molecule has 0 saturated carbocycles. The number of carbonyl (C=O) groups is 1. The number of imidazole rings is 1. The Kier molecular flexibility index (Phi) is 5.55. The molecule has 0 atom stereocenters. The van der Waals surface area contributed by atoms with Gasteiger partial charge in [0.2, 0.25) is 5.91 Å². The zero-order valence-corrected chi connectivity index (χ0v) is 16.1. The van der Waals surface area contributed by atoms with E-state index in [1.807, 2.05) is 29.1 Å². The Morgan fingerprint density at radius 1 is 1.32 bits per heavy atom. The van der Waals surface area contributed by atoms with Crippen LogP contribution < -0.4 is 5.32 Å². The maximum Gasteiger partial charge on any atom is 0.230 e. The van der Waals surface area contributed by atoms with Crippen molar-refractivity contribution in [1.82, 2.24) is 19.9 Å². The summed E-state index contributed by atoms with van der Waals surface area (Å²) in [4.78, 5) is 20.8. The van der Waals surface area contributed by atoms with Gasteiger partial charge in [-0.05, 0) is 38.0 Å². The van der Waals surface area contributed by atoms with Crippen molar-refractivity contribution in [3.8, 4) is 5.69 Å². The second-order valence-corrected chi connectivity index (χ2v) is 7.63. The number of amides is 1. The third kappa shape index (κ3) is 4.29. The lowest BCUT2D eigenvalue weighted by molar-refractivity contribution is -0.118. The Bertz CT molecular complexity index is 885. The minimum atomic E-state index is -0.0200. The minimum absolute atomic E-state index is 0.0200. The number of rotatable bonds is 6. The van der Waals surface area contributed by atoms with Gasteiger partial charge in [0.25, 0.3) is 0 Å². The summed E-state index contributed by atoms with van der Waals surface area (Å²) in [6.07, 6.45) is 3.70. The van der Waals surface area contributed by atoms with Crippen molar-refractivity contribution < 1.29 is 4.79 Å². The maximum atomic E-state index is 12.1. The topological polar surface area (TPSA) is 59.8 Å². The molecule has 0 saturated heterocycles. The molecule has 3 aromatic rings. The first-order chi connectivity index (χ1) is 12.0. The van der Waals surface area contributed by atoms with Crippen molar-refractivity contribution in [2.75, 3.05) is 5.75 Å². The molecule has 0 fully saturated rings. The largest absolute Gasteiger partial charge is 0.349 e. The number of nitrogens with one attached hydrogen (secondary N) is 1. The van der Waals surface area contributed by atoms with Crippen LogP contribution in [-0.2, 0) is 11.3 Å². The lowest BCUT2D eigenvalue weighted by Crippen LogP contribution is -2.24. The molecule has 0 aliphatic rings. The van der Waals surface area contributed by atoms with E-state index < -0.39 is 0 Å². The molecule has 130 valence electrons. The molecule has 0 unspecified atom stereocenters. The quantitative estimate of drug-likeness (QED) is 0.671. The molecular formula is C18H20N4OS2. The van der Waals surface area contributed by atoms with Crippen molar-refractivity contribution >= 4 is 29.0 Å². The van der Waals surface area contributed by atoms with E-state index >= 15 is 0 Å². The van der Waals surface area contributed by atoms with Gasteiger partial charge < -0.3 is 5.32 Å². The van der Waals surface area contributed by atoms with E-state index in [2.05, 4.69) is 41.3 Å². The van der Waals surface area contributed by atoms with Crippen molar-refractivity contribution in [2.24, 2.45) is 0 Å². The normalized spacial score (nSPS) is 10.8. The summed E-state index contributed by atoms with van der Waals surface area (Å²) in [7, 11) is 0. The smallest absolute Gasteiger partial charge is 0.230 e. The zero-order chi connectivity index (χ0) is 17.8. The number of aryl methyl sites for hydroxylation is 2. The van der Waals surface area contributed by atoms with Crippen LogP contribution in [0.4, 0.5) is 0 Å². The SMILES string of the molecule is Cc1csc(CNC(=O)CSc2nccn2-c2cccc(C)c2C)n1. The van der Waals surface area contributed by atoms with Gasteiger partial charge in [-0.15, -0.1) is 11.3 Å². The molecule has 3 rings (SSSR count). The highest BCUT2D eigenvalue weighted by Crippen LogP contribution is 2.24. The van der Waals surface area contributed by atoms with Gasteiger partial charge in [0.1, 0.15) is 5.01 Å². The average Bonchev–Trinajstić information content (AvgIpc) is 3.22. The molecule has 0 aliphatic carbocycles. The fraction of sp³-hybridized carbons (Fsp3) is 0.278. The molecule has 1 amide bonds. The molecule has 1 N–H and O–H groups in total. The molecule has 7 heteroatoms. The second-order valence-electron chi connectivity index (χ2n) is 5.75. The van der Waals surface area contributed by atoms with Crippen LogP contribution in [0.5, 0.6) is 0 Å². The Labute approximate surface area is 155 Å². The van der Waals surface area contributed by atoms with Gasteiger partial charge in [0.15, 0.2) is 5.16 Å². The number of benzene rings is 1. The van der Waals surface area contributed by atoms with Crippen LogP contribution in [0, 0.1) is 20.8 Å². The highest BCUT2D eigenvalue weighted by atomic mass is 32.2. The van der Waals surface area contributed by atoms with E-state index in [1.54, 1.807) is 17.5 Å². The molecule has 2 aromatic heterocycles. The van der Waals surface area contributed by atoms with Crippen molar-refractivity contribution in [1.29, 1.82) is 0 Å². The molecule has 0 spiro atoms. The highest BCUT2D eigenvalue weighted by Gasteiger charge is 2.11. The van der Waals surface area contributed by atoms with Crippen molar-refractivity contribution in [3.63, 3.8) is 0 Å². The number of hydrogen-bond donors (Lipinski definition) is 1. The first-order valence-corrected chi connectivity index (χ1v) is 9.81. The van der Waals surface area contributed by atoms with Gasteiger partial charge in [-0.2, -0.15) is 0 Å². The van der Waals surface area contributed by atoms with Crippen LogP contribution in [0.3, 0.4) is 0 Å². The molecule has 2 heterocycles. The van der Waals surface area contributed by atoms with Crippen molar-refractivity contribution in [2.45, 2.75) is 32.5 Å². The lowest BCUT2D eigenvalue weighted by atomic mass is 10.1. The van der Waals surface area contributed by atoms with Crippen LogP contribution >= 0.6 is 23.1 Å². The molecule has 5 nitrogen and oxygen atoms in total. The Morgan fingerprint density at radius 3 is 2.92 bits per heavy atom. The number of carbonyl (C=O) groups excluding carboxylic acids is 1. The Hall–Kier alpha value is -2.12. The number of nitrogens with zero attached hydrogens (tertiary/aromatic N) is 3. The summed E-state index contributed by atoms with van der Waals surface area (Å²) in [5.74, 6) is 0.306. The van der Waals surface area contributed by atoms with Gasteiger partial charge in [0.05, 0.1) is 18.0 Å². The first kappa shape index (κ1) is 17.7. The Morgan fingerprint density at radius 2 is 2.16 bits per heavy atom. The second kappa shape index (κ2) is 7.84. The number of aromatic nitrogens is 3. The Balaban J connectivity index is 1.61. The summed E-state index contributed by atoms with van der Waals surface area (Å²) in [6, 6.07) is 6.20. The number of hydrogen-bond acceptors (Lipinski definition) is 5. The van der Waals surface area contributed by atoms with E-state index in [0.717, 1.165) is 21.5 Å². The summed E-state index contributed by atoms with van der Waals surface area (Å²) in [5, 5.41) is 6.63. The van der Waals surface area contributed by atoms with Gasteiger partial charge in [-0.1, -0.05) is 23.9 Å². The maximum absolute atomic E-state index is 12.1. The summed E-state index contributed by atoms with van der Waals surface area (Å²) in [5.41, 5.74) is 4.53. The van der Waals surface area contributed by atoms with Crippen LogP contribution in [-0.4, -0.2) is 26.2 Å². The molecule has 0 bridgehead atoms. The number of thioether (sulfide) groups is 1. The highest BCUT2D eigenvalue weighted by molar-refractivity contribution is 7.99. The lowest BCUT2D eigenvalue weighted by Gasteiger charge is -2.12. The monoisotopic (exact) mass is 372 g/mol. The fourth-order valence-corrected chi connectivity index (χ4v) is 3.92. The average molecular weight is 373 g/mol. The van der Waals surface area contributed by atoms with Gasteiger partial charge in [-0.3, -0.25) is 9.36 Å². The molecule has 1 aromatic carbocycles.